The highest BCUT2D eigenvalue weighted by atomic mass is 16.5. The summed E-state index contributed by atoms with van der Waals surface area (Å²) >= 11 is 0. The Morgan fingerprint density at radius 1 is 0.917 bits per heavy atom. The van der Waals surface area contributed by atoms with Crippen molar-refractivity contribution in [1.82, 2.24) is 5.16 Å². The first-order chi connectivity index (χ1) is 17.4. The fourth-order valence-corrected chi connectivity index (χ4v) is 4.88. The minimum atomic E-state index is -0.745. The number of aliphatic carboxylic acids is 1. The molecule has 0 bridgehead atoms. The molecule has 5 nitrogen and oxygen atoms in total. The first kappa shape index (κ1) is 23.7. The SMILES string of the molecule is Cc1noc(-c2ccc(-c3ccc(C4(C(=O)O)CC4)cc3)cc2)c1CC(=O)C[C@H](C)c1ccccc1. The van der Waals surface area contributed by atoms with Crippen LogP contribution in [0.15, 0.2) is 83.4 Å². The number of carboxylic acids is 1. The molecule has 0 spiro atoms. The van der Waals surface area contributed by atoms with E-state index in [0.717, 1.165) is 39.1 Å². The maximum atomic E-state index is 12.9. The predicted molar refractivity (Wildman–Crippen MR) is 139 cm³/mol. The molecule has 0 saturated heterocycles. The highest BCUT2D eigenvalue weighted by Gasteiger charge is 2.51. The molecule has 0 unspecified atom stereocenters. The third-order valence-electron chi connectivity index (χ3n) is 7.34. The lowest BCUT2D eigenvalue weighted by atomic mass is 9.92. The molecule has 1 aliphatic rings. The highest BCUT2D eigenvalue weighted by Crippen LogP contribution is 2.48. The Hall–Kier alpha value is -3.99. The molecular weight excluding hydrogens is 450 g/mol. The van der Waals surface area contributed by atoms with E-state index in [0.29, 0.717) is 25.0 Å². The van der Waals surface area contributed by atoms with E-state index < -0.39 is 11.4 Å². The summed E-state index contributed by atoms with van der Waals surface area (Å²) < 4.78 is 5.64. The first-order valence-corrected chi connectivity index (χ1v) is 12.3. The molecule has 1 saturated carbocycles. The van der Waals surface area contributed by atoms with Gasteiger partial charge < -0.3 is 9.63 Å². The molecule has 1 aromatic heterocycles. The van der Waals surface area contributed by atoms with E-state index in [1.807, 2.05) is 73.7 Å². The van der Waals surface area contributed by atoms with Crippen LogP contribution in [0.2, 0.25) is 0 Å². The number of benzene rings is 3. The van der Waals surface area contributed by atoms with Crippen molar-refractivity contribution in [3.05, 3.63) is 101 Å². The zero-order valence-corrected chi connectivity index (χ0v) is 20.5. The van der Waals surface area contributed by atoms with Crippen LogP contribution in [0.3, 0.4) is 0 Å². The van der Waals surface area contributed by atoms with Gasteiger partial charge in [0.2, 0.25) is 0 Å². The average molecular weight is 480 g/mol. The molecule has 5 rings (SSSR count). The molecule has 0 amide bonds. The molecule has 0 radical (unpaired) electrons. The zero-order chi connectivity index (χ0) is 25.3. The molecule has 1 heterocycles. The summed E-state index contributed by atoms with van der Waals surface area (Å²) in [7, 11) is 0. The monoisotopic (exact) mass is 479 g/mol. The Bertz CT molecular complexity index is 1380. The molecule has 4 aromatic rings. The van der Waals surface area contributed by atoms with Crippen LogP contribution in [0.4, 0.5) is 0 Å². The summed E-state index contributed by atoms with van der Waals surface area (Å²) in [5.41, 5.74) is 5.81. The third kappa shape index (κ3) is 4.61. The van der Waals surface area contributed by atoms with E-state index in [4.69, 9.17) is 4.52 Å². The van der Waals surface area contributed by atoms with Crippen LogP contribution in [0.1, 0.15) is 54.5 Å². The molecule has 0 aliphatic heterocycles. The van der Waals surface area contributed by atoms with E-state index in [1.54, 1.807) is 0 Å². The van der Waals surface area contributed by atoms with Crippen molar-refractivity contribution in [1.29, 1.82) is 0 Å². The van der Waals surface area contributed by atoms with Crippen LogP contribution >= 0.6 is 0 Å². The molecule has 1 aliphatic carbocycles. The second kappa shape index (κ2) is 9.57. The minimum Gasteiger partial charge on any atom is -0.481 e. The maximum Gasteiger partial charge on any atom is 0.314 e. The molecule has 1 atom stereocenters. The number of rotatable bonds is 9. The summed E-state index contributed by atoms with van der Waals surface area (Å²) in [5.74, 6) is 0.196. The molecular formula is C31H29NO4. The smallest absolute Gasteiger partial charge is 0.314 e. The molecule has 1 N–H and O–H groups in total. The van der Waals surface area contributed by atoms with Gasteiger partial charge in [-0.25, -0.2) is 0 Å². The molecule has 182 valence electrons. The number of carbonyl (C=O) groups excluding carboxylic acids is 1. The number of ketones is 1. The topological polar surface area (TPSA) is 80.4 Å². The van der Waals surface area contributed by atoms with Crippen molar-refractivity contribution in [3.63, 3.8) is 0 Å². The third-order valence-corrected chi connectivity index (χ3v) is 7.34. The quantitative estimate of drug-likeness (QED) is 0.288. The maximum absolute atomic E-state index is 12.9. The van der Waals surface area contributed by atoms with Gasteiger partial charge in [-0.3, -0.25) is 9.59 Å². The van der Waals surface area contributed by atoms with Crippen LogP contribution in [0.25, 0.3) is 22.5 Å². The zero-order valence-electron chi connectivity index (χ0n) is 20.5. The summed E-state index contributed by atoms with van der Waals surface area (Å²) in [6.45, 7) is 3.95. The number of aryl methyl sites for hydroxylation is 1. The second-order valence-corrected chi connectivity index (χ2v) is 9.85. The number of nitrogens with zero attached hydrogens (tertiary/aromatic N) is 1. The van der Waals surface area contributed by atoms with Gasteiger partial charge in [0.15, 0.2) is 5.76 Å². The summed E-state index contributed by atoms with van der Waals surface area (Å²) in [5, 5.41) is 13.7. The van der Waals surface area contributed by atoms with Gasteiger partial charge in [0.1, 0.15) is 5.78 Å². The number of hydrogen-bond donors (Lipinski definition) is 1. The standard InChI is InChI=1S/C31H29NO4/c1-20(22-6-4-3-5-7-22)18-27(33)19-28-21(2)32-36-29(28)25-10-8-23(9-11-25)24-12-14-26(15-13-24)31(16-17-31)30(34)35/h3-15,20H,16-19H2,1-2H3,(H,34,35)/t20-/m0/s1. The van der Waals surface area contributed by atoms with Crippen LogP contribution in [-0.4, -0.2) is 22.0 Å². The highest BCUT2D eigenvalue weighted by molar-refractivity contribution is 5.85. The first-order valence-electron chi connectivity index (χ1n) is 12.3. The van der Waals surface area contributed by atoms with E-state index in [2.05, 4.69) is 24.2 Å². The number of hydrogen-bond acceptors (Lipinski definition) is 4. The lowest BCUT2D eigenvalue weighted by Crippen LogP contribution is -2.19. The Labute approximate surface area is 210 Å². The van der Waals surface area contributed by atoms with E-state index in [-0.39, 0.29) is 18.1 Å². The van der Waals surface area contributed by atoms with Gasteiger partial charge in [-0.05, 0) is 47.9 Å². The lowest BCUT2D eigenvalue weighted by molar-refractivity contribution is -0.140. The molecule has 5 heteroatoms. The Morgan fingerprint density at radius 2 is 1.50 bits per heavy atom. The van der Waals surface area contributed by atoms with Crippen molar-refractivity contribution in [3.8, 4) is 22.5 Å². The van der Waals surface area contributed by atoms with Gasteiger partial charge in [-0.1, -0.05) is 90.9 Å². The van der Waals surface area contributed by atoms with Crippen molar-refractivity contribution < 1.29 is 19.2 Å². The van der Waals surface area contributed by atoms with Crippen molar-refractivity contribution >= 4 is 11.8 Å². The Kier molecular flexibility index (Phi) is 6.31. The summed E-state index contributed by atoms with van der Waals surface area (Å²) in [6, 6.07) is 25.8. The van der Waals surface area contributed by atoms with Crippen LogP contribution in [0, 0.1) is 6.92 Å². The number of carbonyl (C=O) groups is 2. The fourth-order valence-electron chi connectivity index (χ4n) is 4.88. The minimum absolute atomic E-state index is 0.151. The predicted octanol–water partition coefficient (Wildman–Crippen LogP) is 6.74. The number of aromatic nitrogens is 1. The van der Waals surface area contributed by atoms with Gasteiger partial charge >= 0.3 is 5.97 Å². The molecule has 1 fully saturated rings. The van der Waals surface area contributed by atoms with Crippen molar-refractivity contribution in [2.24, 2.45) is 0 Å². The average Bonchev–Trinajstić information content (AvgIpc) is 3.64. The van der Waals surface area contributed by atoms with Gasteiger partial charge in [0, 0.05) is 24.0 Å². The second-order valence-electron chi connectivity index (χ2n) is 9.85. The number of Topliss-reactive ketones (excluding diaryl/α,β-unsaturated/α-hetero) is 1. The van der Waals surface area contributed by atoms with E-state index in [1.165, 1.54) is 0 Å². The van der Waals surface area contributed by atoms with E-state index >= 15 is 0 Å². The van der Waals surface area contributed by atoms with Crippen LogP contribution in [-0.2, 0) is 21.4 Å². The van der Waals surface area contributed by atoms with Crippen molar-refractivity contribution in [2.45, 2.75) is 50.9 Å². The van der Waals surface area contributed by atoms with Crippen molar-refractivity contribution in [2.75, 3.05) is 0 Å². The van der Waals surface area contributed by atoms with E-state index in [9.17, 15) is 14.7 Å². The van der Waals surface area contributed by atoms with Gasteiger partial charge in [0.05, 0.1) is 11.1 Å². The largest absolute Gasteiger partial charge is 0.481 e. The molecule has 3 aromatic carbocycles. The Morgan fingerprint density at radius 3 is 2.08 bits per heavy atom. The van der Waals surface area contributed by atoms with Crippen LogP contribution < -0.4 is 0 Å². The molecule has 36 heavy (non-hydrogen) atoms. The normalized spacial score (nSPS) is 14.8. The number of carboxylic acid groups (broad SMARTS) is 1. The fraction of sp³-hybridized carbons (Fsp3) is 0.258. The van der Waals surface area contributed by atoms with Gasteiger partial charge in [-0.2, -0.15) is 0 Å². The summed E-state index contributed by atoms with van der Waals surface area (Å²) in [4.78, 5) is 24.5. The summed E-state index contributed by atoms with van der Waals surface area (Å²) in [6.07, 6.45) is 2.15. The van der Waals surface area contributed by atoms with Gasteiger partial charge in [-0.15, -0.1) is 0 Å². The Balaban J connectivity index is 1.30. The lowest BCUT2D eigenvalue weighted by Gasteiger charge is -2.11. The van der Waals surface area contributed by atoms with Crippen LogP contribution in [0.5, 0.6) is 0 Å². The van der Waals surface area contributed by atoms with Gasteiger partial charge in [0.25, 0.3) is 0 Å².